The van der Waals surface area contributed by atoms with Crippen LogP contribution in [0.25, 0.3) is 10.8 Å². The molecule has 2 heteroatoms. The smallest absolute Gasteiger partial charge is 0.0713 e. The van der Waals surface area contributed by atoms with Gasteiger partial charge in [0.05, 0.1) is 13.2 Å². The minimum Gasteiger partial charge on any atom is -0.380 e. The lowest BCUT2D eigenvalue weighted by atomic mass is 10.0. The highest BCUT2D eigenvalue weighted by atomic mass is 16.5. The van der Waals surface area contributed by atoms with E-state index in [0.29, 0.717) is 13.2 Å². The van der Waals surface area contributed by atoms with Crippen LogP contribution < -0.4 is 0 Å². The van der Waals surface area contributed by atoms with E-state index < -0.39 is 0 Å². The lowest BCUT2D eigenvalue weighted by molar-refractivity contribution is 0.185. The van der Waals surface area contributed by atoms with E-state index in [4.69, 9.17) is 9.47 Å². The zero-order chi connectivity index (χ0) is 11.4. The lowest BCUT2D eigenvalue weighted by Crippen LogP contribution is -1.89. The molecule has 0 unspecified atom stereocenters. The summed E-state index contributed by atoms with van der Waals surface area (Å²) in [6, 6.07) is 12.8. The van der Waals surface area contributed by atoms with E-state index in [2.05, 4.69) is 36.4 Å². The van der Waals surface area contributed by atoms with Crippen molar-refractivity contribution < 1.29 is 9.47 Å². The van der Waals surface area contributed by atoms with Crippen LogP contribution in [0.3, 0.4) is 0 Å². The van der Waals surface area contributed by atoms with Crippen molar-refractivity contribution in [2.75, 3.05) is 14.2 Å². The Hall–Kier alpha value is -1.38. The Morgan fingerprint density at radius 3 is 1.56 bits per heavy atom. The van der Waals surface area contributed by atoms with Crippen LogP contribution in [0.5, 0.6) is 0 Å². The third kappa shape index (κ3) is 2.40. The quantitative estimate of drug-likeness (QED) is 0.781. The molecule has 2 nitrogen and oxygen atoms in total. The van der Waals surface area contributed by atoms with E-state index in [1.165, 1.54) is 21.9 Å². The average molecular weight is 216 g/mol. The molecular formula is C14H16O2. The molecule has 0 spiro atoms. The predicted molar refractivity (Wildman–Crippen MR) is 65.4 cm³/mol. The summed E-state index contributed by atoms with van der Waals surface area (Å²) in [6.45, 7) is 1.32. The van der Waals surface area contributed by atoms with E-state index in [9.17, 15) is 0 Å². The molecule has 0 aliphatic heterocycles. The molecule has 2 aromatic carbocycles. The van der Waals surface area contributed by atoms with Gasteiger partial charge in [-0.25, -0.2) is 0 Å². The third-order valence-electron chi connectivity index (χ3n) is 2.59. The van der Waals surface area contributed by atoms with E-state index in [1.54, 1.807) is 14.2 Å². The Labute approximate surface area is 95.8 Å². The molecule has 0 fully saturated rings. The van der Waals surface area contributed by atoms with Crippen LogP contribution in [0.2, 0.25) is 0 Å². The first kappa shape index (κ1) is 11.1. The van der Waals surface area contributed by atoms with Gasteiger partial charge in [-0.1, -0.05) is 24.3 Å². The predicted octanol–water partition coefficient (Wildman–Crippen LogP) is 3.13. The zero-order valence-corrected chi connectivity index (χ0v) is 9.69. The highest BCUT2D eigenvalue weighted by molar-refractivity contribution is 5.83. The fourth-order valence-electron chi connectivity index (χ4n) is 1.86. The number of rotatable bonds is 4. The topological polar surface area (TPSA) is 18.5 Å². The van der Waals surface area contributed by atoms with Gasteiger partial charge in [0.1, 0.15) is 0 Å². The fourth-order valence-corrected chi connectivity index (χ4v) is 1.86. The highest BCUT2D eigenvalue weighted by Crippen LogP contribution is 2.18. The number of hydrogen-bond acceptors (Lipinski definition) is 2. The largest absolute Gasteiger partial charge is 0.380 e. The highest BCUT2D eigenvalue weighted by Gasteiger charge is 1.98. The van der Waals surface area contributed by atoms with Gasteiger partial charge in [-0.3, -0.25) is 0 Å². The lowest BCUT2D eigenvalue weighted by Gasteiger charge is -2.05. The Morgan fingerprint density at radius 1 is 0.750 bits per heavy atom. The Morgan fingerprint density at radius 2 is 1.19 bits per heavy atom. The second-order valence-corrected chi connectivity index (χ2v) is 3.88. The van der Waals surface area contributed by atoms with Gasteiger partial charge in [0.2, 0.25) is 0 Å². The molecule has 2 aromatic rings. The van der Waals surface area contributed by atoms with Crippen LogP contribution in [-0.2, 0) is 22.7 Å². The summed E-state index contributed by atoms with van der Waals surface area (Å²) in [6.07, 6.45) is 0. The summed E-state index contributed by atoms with van der Waals surface area (Å²) in [5, 5.41) is 2.49. The molecular weight excluding hydrogens is 200 g/mol. The van der Waals surface area contributed by atoms with Gasteiger partial charge in [-0.15, -0.1) is 0 Å². The maximum atomic E-state index is 5.12. The van der Waals surface area contributed by atoms with Crippen molar-refractivity contribution in [3.05, 3.63) is 47.5 Å². The van der Waals surface area contributed by atoms with Gasteiger partial charge >= 0.3 is 0 Å². The molecule has 84 valence electrons. The molecule has 16 heavy (non-hydrogen) atoms. The summed E-state index contributed by atoms with van der Waals surface area (Å²) in [4.78, 5) is 0. The first-order chi connectivity index (χ1) is 7.83. The maximum absolute atomic E-state index is 5.12. The van der Waals surface area contributed by atoms with Gasteiger partial charge in [0.15, 0.2) is 0 Å². The molecule has 0 N–H and O–H groups in total. The molecule has 0 amide bonds. The van der Waals surface area contributed by atoms with Crippen LogP contribution in [-0.4, -0.2) is 14.2 Å². The first-order valence-electron chi connectivity index (χ1n) is 5.33. The maximum Gasteiger partial charge on any atom is 0.0713 e. The fraction of sp³-hybridized carbons (Fsp3) is 0.286. The Bertz CT molecular complexity index is 432. The van der Waals surface area contributed by atoms with Crippen molar-refractivity contribution in [3.8, 4) is 0 Å². The van der Waals surface area contributed by atoms with Crippen molar-refractivity contribution in [1.29, 1.82) is 0 Å². The van der Waals surface area contributed by atoms with Crippen molar-refractivity contribution >= 4 is 10.8 Å². The second kappa shape index (κ2) is 5.10. The van der Waals surface area contributed by atoms with Crippen LogP contribution in [0.15, 0.2) is 36.4 Å². The number of benzene rings is 2. The monoisotopic (exact) mass is 216 g/mol. The third-order valence-corrected chi connectivity index (χ3v) is 2.59. The SMILES string of the molecule is COCc1ccc2cc(COC)ccc2c1. The van der Waals surface area contributed by atoms with Crippen LogP contribution in [0.4, 0.5) is 0 Å². The van der Waals surface area contributed by atoms with Gasteiger partial charge in [0.25, 0.3) is 0 Å². The van der Waals surface area contributed by atoms with E-state index in [-0.39, 0.29) is 0 Å². The summed E-state index contributed by atoms with van der Waals surface area (Å²) in [5.41, 5.74) is 2.41. The van der Waals surface area contributed by atoms with Crippen LogP contribution in [0.1, 0.15) is 11.1 Å². The normalized spacial score (nSPS) is 10.9. The average Bonchev–Trinajstić information content (AvgIpc) is 2.30. The molecule has 0 aliphatic rings. The molecule has 0 atom stereocenters. The van der Waals surface area contributed by atoms with Crippen molar-refractivity contribution in [2.24, 2.45) is 0 Å². The van der Waals surface area contributed by atoms with Crippen molar-refractivity contribution in [1.82, 2.24) is 0 Å². The van der Waals surface area contributed by atoms with Gasteiger partial charge in [0, 0.05) is 14.2 Å². The molecule has 0 heterocycles. The summed E-state index contributed by atoms with van der Waals surface area (Å²) >= 11 is 0. The summed E-state index contributed by atoms with van der Waals surface area (Å²) < 4.78 is 10.2. The molecule has 2 rings (SSSR count). The molecule has 0 radical (unpaired) electrons. The molecule has 0 bridgehead atoms. The van der Waals surface area contributed by atoms with Crippen molar-refractivity contribution in [2.45, 2.75) is 13.2 Å². The van der Waals surface area contributed by atoms with Crippen molar-refractivity contribution in [3.63, 3.8) is 0 Å². The second-order valence-electron chi connectivity index (χ2n) is 3.88. The van der Waals surface area contributed by atoms with Gasteiger partial charge in [-0.2, -0.15) is 0 Å². The van der Waals surface area contributed by atoms with Gasteiger partial charge in [-0.05, 0) is 34.0 Å². The van der Waals surface area contributed by atoms with E-state index in [0.717, 1.165) is 0 Å². The Kier molecular flexibility index (Phi) is 3.54. The molecule has 0 aromatic heterocycles. The standard InChI is InChI=1S/C14H16O2/c1-15-9-11-3-5-14-8-12(10-16-2)4-6-13(14)7-11/h3-8H,9-10H2,1-2H3. The van der Waals surface area contributed by atoms with Crippen LogP contribution >= 0.6 is 0 Å². The van der Waals surface area contributed by atoms with E-state index >= 15 is 0 Å². The molecule has 0 saturated heterocycles. The number of fused-ring (bicyclic) bond motifs is 1. The molecule has 0 saturated carbocycles. The summed E-state index contributed by atoms with van der Waals surface area (Å²) in [7, 11) is 3.43. The Balaban J connectivity index is 2.36. The minimum atomic E-state index is 0.662. The first-order valence-corrected chi connectivity index (χ1v) is 5.33. The number of methoxy groups -OCH3 is 2. The number of hydrogen-bond donors (Lipinski definition) is 0. The number of ether oxygens (including phenoxy) is 2. The molecule has 0 aliphatic carbocycles. The van der Waals surface area contributed by atoms with Crippen LogP contribution in [0, 0.1) is 0 Å². The summed E-state index contributed by atoms with van der Waals surface area (Å²) in [5.74, 6) is 0. The van der Waals surface area contributed by atoms with Gasteiger partial charge < -0.3 is 9.47 Å². The zero-order valence-electron chi connectivity index (χ0n) is 9.69. The minimum absolute atomic E-state index is 0.662. The van der Waals surface area contributed by atoms with E-state index in [1.807, 2.05) is 0 Å².